The van der Waals surface area contributed by atoms with Crippen molar-refractivity contribution in [3.05, 3.63) is 11.6 Å². The summed E-state index contributed by atoms with van der Waals surface area (Å²) < 4.78 is 11.5. The van der Waals surface area contributed by atoms with Crippen molar-refractivity contribution in [1.29, 1.82) is 0 Å². The molecule has 2 saturated heterocycles. The van der Waals surface area contributed by atoms with Gasteiger partial charge in [0, 0.05) is 12.5 Å². The van der Waals surface area contributed by atoms with Crippen molar-refractivity contribution in [2.24, 2.45) is 17.3 Å². The molecule has 3 fully saturated rings. The molecule has 1 aliphatic carbocycles. The van der Waals surface area contributed by atoms with Gasteiger partial charge >= 0.3 is 5.97 Å². The number of carbonyl (C=O) groups is 2. The van der Waals surface area contributed by atoms with Gasteiger partial charge in [0.25, 0.3) is 0 Å². The van der Waals surface area contributed by atoms with E-state index in [9.17, 15) is 9.59 Å². The smallest absolute Gasteiger partial charge is 0.336 e. The van der Waals surface area contributed by atoms with Crippen LogP contribution in [-0.2, 0) is 19.1 Å². The number of rotatable bonds is 1. The summed E-state index contributed by atoms with van der Waals surface area (Å²) in [6.45, 7) is 7.04. The van der Waals surface area contributed by atoms with Crippen LogP contribution in [0.4, 0.5) is 0 Å². The van der Waals surface area contributed by atoms with E-state index in [0.29, 0.717) is 30.4 Å². The SMILES string of the molecule is C[C@H]1NC(=O)CC[C@]2(C)[C@@H]1CC[C@@]1(C)O[C@H](C3=CCOC3=O)C[C@@H]21. The Morgan fingerprint density at radius 1 is 1.25 bits per heavy atom. The summed E-state index contributed by atoms with van der Waals surface area (Å²) >= 11 is 0. The third-order valence-electron chi connectivity index (χ3n) is 7.18. The Bertz CT molecular complexity index is 614. The lowest BCUT2D eigenvalue weighted by Gasteiger charge is -2.53. The molecule has 0 unspecified atom stereocenters. The molecule has 1 amide bonds. The predicted molar refractivity (Wildman–Crippen MR) is 88.1 cm³/mol. The molecule has 3 heterocycles. The molecular formula is C19H27NO4. The van der Waals surface area contributed by atoms with Crippen molar-refractivity contribution in [2.45, 2.75) is 70.6 Å². The van der Waals surface area contributed by atoms with Crippen molar-refractivity contribution >= 4 is 11.9 Å². The molecule has 132 valence electrons. The highest BCUT2D eigenvalue weighted by molar-refractivity contribution is 5.91. The summed E-state index contributed by atoms with van der Waals surface area (Å²) in [5, 5.41) is 3.17. The second-order valence-electron chi connectivity index (χ2n) is 8.47. The van der Waals surface area contributed by atoms with Gasteiger partial charge in [-0.25, -0.2) is 4.79 Å². The van der Waals surface area contributed by atoms with Gasteiger partial charge in [-0.1, -0.05) is 6.92 Å². The molecule has 5 heteroatoms. The summed E-state index contributed by atoms with van der Waals surface area (Å²) in [5.41, 5.74) is 0.539. The van der Waals surface area contributed by atoms with Gasteiger partial charge in [0.2, 0.25) is 5.91 Å². The van der Waals surface area contributed by atoms with Crippen LogP contribution in [0.25, 0.3) is 0 Å². The molecule has 4 rings (SSSR count). The molecule has 0 bridgehead atoms. The highest BCUT2D eigenvalue weighted by Crippen LogP contribution is 2.60. The zero-order valence-electron chi connectivity index (χ0n) is 14.8. The van der Waals surface area contributed by atoms with Crippen LogP contribution in [0.15, 0.2) is 11.6 Å². The normalized spacial score (nSPS) is 48.0. The van der Waals surface area contributed by atoms with E-state index in [1.165, 1.54) is 0 Å². The third kappa shape index (κ3) is 2.24. The van der Waals surface area contributed by atoms with Gasteiger partial charge in [-0.2, -0.15) is 0 Å². The Balaban J connectivity index is 1.66. The Kier molecular flexibility index (Phi) is 3.57. The topological polar surface area (TPSA) is 64.6 Å². The Hall–Kier alpha value is -1.36. The maximum absolute atomic E-state index is 12.1. The highest BCUT2D eigenvalue weighted by Gasteiger charge is 2.61. The maximum Gasteiger partial charge on any atom is 0.336 e. The van der Waals surface area contributed by atoms with Crippen LogP contribution in [0.1, 0.15) is 52.9 Å². The van der Waals surface area contributed by atoms with Crippen LogP contribution in [0.5, 0.6) is 0 Å². The number of fused-ring (bicyclic) bond motifs is 3. The second-order valence-corrected chi connectivity index (χ2v) is 8.47. The first-order valence-corrected chi connectivity index (χ1v) is 9.18. The van der Waals surface area contributed by atoms with E-state index < -0.39 is 0 Å². The lowest BCUT2D eigenvalue weighted by atomic mass is 9.53. The molecule has 0 aromatic rings. The summed E-state index contributed by atoms with van der Waals surface area (Å²) in [5.74, 6) is 0.763. The van der Waals surface area contributed by atoms with E-state index in [1.54, 1.807) is 0 Å². The van der Waals surface area contributed by atoms with Gasteiger partial charge in [0.1, 0.15) is 6.61 Å². The van der Waals surface area contributed by atoms with E-state index in [1.807, 2.05) is 6.08 Å². The minimum Gasteiger partial charge on any atom is -0.458 e. The standard InChI is InChI=1S/C19H27NO4/c1-11-13-4-8-19(3)15(18(13,2)7-5-16(21)20-11)10-14(24-19)12-6-9-23-17(12)22/h6,11,13-15H,4-5,7-10H2,1-3H3,(H,20,21)/t11-,13-,14+,15+,18-,19-/m1/s1. The van der Waals surface area contributed by atoms with Crippen molar-refractivity contribution in [2.75, 3.05) is 6.61 Å². The molecule has 5 nitrogen and oxygen atoms in total. The number of carbonyl (C=O) groups excluding carboxylic acids is 2. The van der Waals surface area contributed by atoms with Gasteiger partial charge in [0.05, 0.1) is 17.3 Å². The predicted octanol–water partition coefficient (Wildman–Crippen LogP) is 2.35. The zero-order chi connectivity index (χ0) is 17.1. The summed E-state index contributed by atoms with van der Waals surface area (Å²) in [4.78, 5) is 24.0. The molecule has 0 spiro atoms. The number of hydrogen-bond donors (Lipinski definition) is 1. The Labute approximate surface area is 143 Å². The molecule has 0 radical (unpaired) electrons. The number of esters is 1. The fourth-order valence-corrected chi connectivity index (χ4v) is 5.97. The number of nitrogens with one attached hydrogen (secondary N) is 1. The summed E-state index contributed by atoms with van der Waals surface area (Å²) in [6.07, 6.45) is 6.08. The van der Waals surface area contributed by atoms with Gasteiger partial charge in [0.15, 0.2) is 0 Å². The molecule has 1 saturated carbocycles. The van der Waals surface area contributed by atoms with Crippen molar-refractivity contribution < 1.29 is 19.1 Å². The van der Waals surface area contributed by atoms with Gasteiger partial charge in [-0.05, 0) is 62.9 Å². The Morgan fingerprint density at radius 3 is 2.75 bits per heavy atom. The lowest BCUT2D eigenvalue weighted by molar-refractivity contribution is -0.139. The van der Waals surface area contributed by atoms with Crippen LogP contribution in [0.3, 0.4) is 0 Å². The van der Waals surface area contributed by atoms with Crippen molar-refractivity contribution in [3.63, 3.8) is 0 Å². The number of amides is 1. The molecule has 0 aromatic carbocycles. The van der Waals surface area contributed by atoms with Crippen molar-refractivity contribution in [3.8, 4) is 0 Å². The van der Waals surface area contributed by atoms with E-state index >= 15 is 0 Å². The summed E-state index contributed by atoms with van der Waals surface area (Å²) in [6, 6.07) is 0.198. The first kappa shape index (κ1) is 16.1. The highest BCUT2D eigenvalue weighted by atomic mass is 16.5. The molecule has 4 aliphatic rings. The van der Waals surface area contributed by atoms with Gasteiger partial charge in [-0.3, -0.25) is 4.79 Å². The minimum absolute atomic E-state index is 0.0589. The van der Waals surface area contributed by atoms with Crippen molar-refractivity contribution in [1.82, 2.24) is 5.32 Å². The van der Waals surface area contributed by atoms with Crippen LogP contribution >= 0.6 is 0 Å². The molecule has 24 heavy (non-hydrogen) atoms. The van der Waals surface area contributed by atoms with Crippen LogP contribution < -0.4 is 5.32 Å². The second kappa shape index (κ2) is 5.32. The zero-order valence-corrected chi connectivity index (χ0v) is 14.8. The Morgan fingerprint density at radius 2 is 2.04 bits per heavy atom. The van der Waals surface area contributed by atoms with Crippen LogP contribution in [-0.4, -0.2) is 36.2 Å². The number of hydrogen-bond acceptors (Lipinski definition) is 4. The first-order chi connectivity index (χ1) is 11.3. The fourth-order valence-electron chi connectivity index (χ4n) is 5.97. The maximum atomic E-state index is 12.1. The quantitative estimate of drug-likeness (QED) is 0.748. The van der Waals surface area contributed by atoms with E-state index in [4.69, 9.17) is 9.47 Å². The molecule has 6 atom stereocenters. The van der Waals surface area contributed by atoms with Crippen LogP contribution in [0, 0.1) is 17.3 Å². The minimum atomic E-state index is -0.227. The monoisotopic (exact) mass is 333 g/mol. The average molecular weight is 333 g/mol. The van der Waals surface area contributed by atoms with E-state index in [-0.39, 0.29) is 35.0 Å². The van der Waals surface area contributed by atoms with Gasteiger partial charge in [-0.15, -0.1) is 0 Å². The summed E-state index contributed by atoms with van der Waals surface area (Å²) in [7, 11) is 0. The number of ether oxygens (including phenoxy) is 2. The molecule has 3 aliphatic heterocycles. The molecule has 0 aromatic heterocycles. The molecule has 1 N–H and O–H groups in total. The van der Waals surface area contributed by atoms with Crippen LogP contribution in [0.2, 0.25) is 0 Å². The third-order valence-corrected chi connectivity index (χ3v) is 7.18. The fraction of sp³-hybridized carbons (Fsp3) is 0.789. The lowest BCUT2D eigenvalue weighted by Crippen LogP contribution is -2.54. The van der Waals surface area contributed by atoms with E-state index in [0.717, 1.165) is 25.7 Å². The first-order valence-electron chi connectivity index (χ1n) is 9.18. The van der Waals surface area contributed by atoms with E-state index in [2.05, 4.69) is 26.1 Å². The number of cyclic esters (lactones) is 1. The van der Waals surface area contributed by atoms with Gasteiger partial charge < -0.3 is 14.8 Å². The molecular weight excluding hydrogens is 306 g/mol. The largest absolute Gasteiger partial charge is 0.458 e. The average Bonchev–Trinajstić information content (AvgIpc) is 3.06.